The van der Waals surface area contributed by atoms with Gasteiger partial charge in [0.15, 0.2) is 0 Å². The van der Waals surface area contributed by atoms with Crippen LogP contribution in [0.15, 0.2) is 54.6 Å². The Morgan fingerprint density at radius 1 is 1.08 bits per heavy atom. The summed E-state index contributed by atoms with van der Waals surface area (Å²) in [5.41, 5.74) is 7.12. The van der Waals surface area contributed by atoms with E-state index in [1.165, 1.54) is 23.1 Å². The van der Waals surface area contributed by atoms with Crippen molar-refractivity contribution in [1.29, 1.82) is 0 Å². The molecule has 1 N–H and O–H groups in total. The number of benzene rings is 2. The van der Waals surface area contributed by atoms with Gasteiger partial charge in [-0.25, -0.2) is 5.01 Å². The Bertz CT molecular complexity index is 603. The van der Waals surface area contributed by atoms with E-state index < -0.39 is 0 Å². The van der Waals surface area contributed by atoms with Crippen LogP contribution in [-0.2, 0) is 4.74 Å². The van der Waals surface area contributed by atoms with Crippen LogP contribution in [0.2, 0.25) is 0 Å². The van der Waals surface area contributed by atoms with Gasteiger partial charge in [0.05, 0.1) is 0 Å². The number of halogens is 1. The molecule has 0 spiro atoms. The molecule has 0 aromatic heterocycles. The van der Waals surface area contributed by atoms with Crippen LogP contribution >= 0.6 is 12.4 Å². The molecule has 4 heteroatoms. The summed E-state index contributed by atoms with van der Waals surface area (Å²) in [4.78, 5) is 0. The maximum Gasteiger partial charge on any atom is 0.124 e. The standard InChI is InChI=1S/C20H26N2O.ClH/c1-3-21-22-15-7-10-19(22)23-20(17-8-5-4-6-9-17)18-13-11-16(2)12-14-18;/h4-6,8-9,11-14,19-21H,3,7,10,15H2,1-2H3;1H. The molecule has 0 saturated carbocycles. The predicted octanol–water partition coefficient (Wildman–Crippen LogP) is 4.47. The highest BCUT2D eigenvalue weighted by atomic mass is 35.5. The van der Waals surface area contributed by atoms with Gasteiger partial charge in [0.1, 0.15) is 12.3 Å². The van der Waals surface area contributed by atoms with Gasteiger partial charge in [-0.3, -0.25) is 5.43 Å². The van der Waals surface area contributed by atoms with E-state index in [-0.39, 0.29) is 24.7 Å². The molecule has 0 amide bonds. The molecular weight excluding hydrogens is 320 g/mol. The summed E-state index contributed by atoms with van der Waals surface area (Å²) in [5.74, 6) is 0. The Kier molecular flexibility index (Phi) is 7.25. The van der Waals surface area contributed by atoms with Crippen molar-refractivity contribution < 1.29 is 4.74 Å². The fourth-order valence-electron chi connectivity index (χ4n) is 3.14. The van der Waals surface area contributed by atoms with Crippen LogP contribution in [0.1, 0.15) is 42.6 Å². The third-order valence-electron chi connectivity index (χ3n) is 4.33. The highest BCUT2D eigenvalue weighted by molar-refractivity contribution is 5.85. The molecule has 24 heavy (non-hydrogen) atoms. The second kappa shape index (κ2) is 9.19. The van der Waals surface area contributed by atoms with Crippen LogP contribution < -0.4 is 5.43 Å². The van der Waals surface area contributed by atoms with Crippen LogP contribution in [0.3, 0.4) is 0 Å². The van der Waals surface area contributed by atoms with Crippen molar-refractivity contribution in [2.75, 3.05) is 13.1 Å². The Balaban J connectivity index is 0.00000208. The normalized spacial score (nSPS) is 19.0. The van der Waals surface area contributed by atoms with Crippen molar-refractivity contribution >= 4 is 12.4 Å². The molecule has 2 atom stereocenters. The number of nitrogens with zero attached hydrogens (tertiary/aromatic N) is 1. The number of rotatable bonds is 6. The predicted molar refractivity (Wildman–Crippen MR) is 101 cm³/mol. The molecule has 0 radical (unpaired) electrons. The summed E-state index contributed by atoms with van der Waals surface area (Å²) in [6.45, 7) is 6.23. The quantitative estimate of drug-likeness (QED) is 0.835. The molecule has 1 fully saturated rings. The molecule has 0 bridgehead atoms. The van der Waals surface area contributed by atoms with Gasteiger partial charge in [0.2, 0.25) is 0 Å². The average Bonchev–Trinajstić information content (AvgIpc) is 3.02. The highest BCUT2D eigenvalue weighted by Crippen LogP contribution is 2.30. The maximum absolute atomic E-state index is 6.55. The topological polar surface area (TPSA) is 24.5 Å². The lowest BCUT2D eigenvalue weighted by Crippen LogP contribution is -2.43. The SMILES string of the molecule is CCNN1CCCC1OC(c1ccccc1)c1ccc(C)cc1.Cl. The molecule has 3 rings (SSSR count). The zero-order valence-electron chi connectivity index (χ0n) is 14.4. The van der Waals surface area contributed by atoms with Crippen LogP contribution in [0.25, 0.3) is 0 Å². The molecule has 2 aromatic carbocycles. The van der Waals surface area contributed by atoms with Crippen molar-refractivity contribution in [3.63, 3.8) is 0 Å². The molecule has 3 nitrogen and oxygen atoms in total. The van der Waals surface area contributed by atoms with Crippen LogP contribution in [0.4, 0.5) is 0 Å². The van der Waals surface area contributed by atoms with Crippen molar-refractivity contribution in [1.82, 2.24) is 10.4 Å². The van der Waals surface area contributed by atoms with Crippen molar-refractivity contribution in [2.45, 2.75) is 39.0 Å². The van der Waals surface area contributed by atoms with E-state index in [2.05, 4.69) is 78.9 Å². The Morgan fingerprint density at radius 3 is 2.42 bits per heavy atom. The molecule has 2 aromatic rings. The van der Waals surface area contributed by atoms with Gasteiger partial charge >= 0.3 is 0 Å². The van der Waals surface area contributed by atoms with E-state index in [4.69, 9.17) is 4.74 Å². The first kappa shape index (κ1) is 18.9. The Labute approximate surface area is 151 Å². The first-order valence-electron chi connectivity index (χ1n) is 8.55. The minimum Gasteiger partial charge on any atom is -0.349 e. The van der Waals surface area contributed by atoms with Crippen molar-refractivity contribution in [2.24, 2.45) is 0 Å². The van der Waals surface area contributed by atoms with Gasteiger partial charge in [-0.2, -0.15) is 0 Å². The van der Waals surface area contributed by atoms with Crippen LogP contribution in [0, 0.1) is 6.92 Å². The van der Waals surface area contributed by atoms with Crippen molar-refractivity contribution in [3.05, 3.63) is 71.3 Å². The minimum absolute atomic E-state index is 0. The molecule has 1 heterocycles. The summed E-state index contributed by atoms with van der Waals surface area (Å²) in [6, 6.07) is 19.2. The van der Waals surface area contributed by atoms with E-state index >= 15 is 0 Å². The zero-order chi connectivity index (χ0) is 16.1. The number of ether oxygens (including phenoxy) is 1. The maximum atomic E-state index is 6.55. The van der Waals surface area contributed by atoms with E-state index in [0.717, 1.165) is 19.5 Å². The third-order valence-corrected chi connectivity index (χ3v) is 4.33. The third kappa shape index (κ3) is 4.58. The Hall–Kier alpha value is -1.39. The smallest absolute Gasteiger partial charge is 0.124 e. The van der Waals surface area contributed by atoms with Gasteiger partial charge in [-0.1, -0.05) is 67.1 Å². The zero-order valence-corrected chi connectivity index (χ0v) is 15.3. The number of aryl methyl sites for hydroxylation is 1. The minimum atomic E-state index is -0.0268. The Morgan fingerprint density at radius 2 is 1.75 bits per heavy atom. The number of nitrogens with one attached hydrogen (secondary N) is 1. The molecular formula is C20H27ClN2O. The van der Waals surface area contributed by atoms with E-state index in [9.17, 15) is 0 Å². The van der Waals surface area contributed by atoms with E-state index in [1.807, 2.05) is 0 Å². The molecule has 1 aliphatic heterocycles. The van der Waals surface area contributed by atoms with Crippen LogP contribution in [-0.4, -0.2) is 24.3 Å². The number of hydrazine groups is 1. The second-order valence-corrected chi connectivity index (χ2v) is 6.14. The second-order valence-electron chi connectivity index (χ2n) is 6.14. The summed E-state index contributed by atoms with van der Waals surface area (Å²) in [5, 5.41) is 2.24. The molecule has 0 aliphatic carbocycles. The fraction of sp³-hybridized carbons (Fsp3) is 0.400. The number of hydrogen-bond donors (Lipinski definition) is 1. The van der Waals surface area contributed by atoms with E-state index in [0.29, 0.717) is 0 Å². The molecule has 130 valence electrons. The summed E-state index contributed by atoms with van der Waals surface area (Å²) >= 11 is 0. The highest BCUT2D eigenvalue weighted by Gasteiger charge is 2.28. The fourth-order valence-corrected chi connectivity index (χ4v) is 3.14. The van der Waals surface area contributed by atoms with Gasteiger partial charge in [-0.15, -0.1) is 12.4 Å². The number of hydrogen-bond acceptors (Lipinski definition) is 3. The van der Waals surface area contributed by atoms with Gasteiger partial charge < -0.3 is 4.74 Å². The molecule has 2 unspecified atom stereocenters. The first-order valence-corrected chi connectivity index (χ1v) is 8.55. The molecule has 1 saturated heterocycles. The van der Waals surface area contributed by atoms with Crippen LogP contribution in [0.5, 0.6) is 0 Å². The summed E-state index contributed by atoms with van der Waals surface area (Å²) < 4.78 is 6.55. The van der Waals surface area contributed by atoms with Gasteiger partial charge in [-0.05, 0) is 30.9 Å². The summed E-state index contributed by atoms with van der Waals surface area (Å²) in [6.07, 6.45) is 2.34. The van der Waals surface area contributed by atoms with Crippen molar-refractivity contribution in [3.8, 4) is 0 Å². The first-order chi connectivity index (χ1) is 11.3. The molecule has 1 aliphatic rings. The average molecular weight is 347 g/mol. The summed E-state index contributed by atoms with van der Waals surface area (Å²) in [7, 11) is 0. The van der Waals surface area contributed by atoms with E-state index in [1.54, 1.807) is 0 Å². The monoisotopic (exact) mass is 346 g/mol. The van der Waals surface area contributed by atoms with Gasteiger partial charge in [0.25, 0.3) is 0 Å². The lowest BCUT2D eigenvalue weighted by atomic mass is 10.0. The lowest BCUT2D eigenvalue weighted by molar-refractivity contribution is -0.0865. The lowest BCUT2D eigenvalue weighted by Gasteiger charge is -2.29. The van der Waals surface area contributed by atoms with Gasteiger partial charge in [0, 0.05) is 13.1 Å². The largest absolute Gasteiger partial charge is 0.349 e.